The van der Waals surface area contributed by atoms with Crippen molar-refractivity contribution >= 4 is 11.8 Å². The minimum absolute atomic E-state index is 0.263. The van der Waals surface area contributed by atoms with Crippen molar-refractivity contribution in [2.75, 3.05) is 18.8 Å². The summed E-state index contributed by atoms with van der Waals surface area (Å²) in [5, 5.41) is 8.99. The molecule has 0 saturated carbocycles. The van der Waals surface area contributed by atoms with Gasteiger partial charge in [0.1, 0.15) is 11.9 Å². The number of pyridine rings is 1. The highest BCUT2D eigenvalue weighted by Gasteiger charge is 2.28. The highest BCUT2D eigenvalue weighted by Crippen LogP contribution is 2.31. The average molecular weight is 317 g/mol. The third kappa shape index (κ3) is 3.33. The quantitative estimate of drug-likeness (QED) is 0.908. The molecule has 1 aromatic heterocycles. The van der Waals surface area contributed by atoms with Crippen LogP contribution in [0.2, 0.25) is 0 Å². The van der Waals surface area contributed by atoms with Gasteiger partial charge >= 0.3 is 6.09 Å². The zero-order valence-corrected chi connectivity index (χ0v) is 12.3. The van der Waals surface area contributed by atoms with Crippen LogP contribution in [0, 0.1) is 5.82 Å². The van der Waals surface area contributed by atoms with Crippen molar-refractivity contribution < 1.29 is 19.0 Å². The predicted octanol–water partition coefficient (Wildman–Crippen LogP) is 2.60. The van der Waals surface area contributed by atoms with Crippen LogP contribution in [0.1, 0.15) is 6.42 Å². The summed E-state index contributed by atoms with van der Waals surface area (Å²) >= 11 is 0. The van der Waals surface area contributed by atoms with E-state index >= 15 is 0 Å². The van der Waals surface area contributed by atoms with Gasteiger partial charge in [0, 0.05) is 18.5 Å². The number of ether oxygens (including phenoxy) is 1. The summed E-state index contributed by atoms with van der Waals surface area (Å²) in [5.74, 6) is 0.0315. The first kappa shape index (κ1) is 15.1. The fourth-order valence-corrected chi connectivity index (χ4v) is 2.55. The first-order chi connectivity index (χ1) is 11.0. The van der Waals surface area contributed by atoms with E-state index in [-0.39, 0.29) is 11.9 Å². The molecule has 2 heterocycles. The maximum atomic E-state index is 13.1. The fourth-order valence-electron chi connectivity index (χ4n) is 2.55. The number of rotatable bonds is 3. The summed E-state index contributed by atoms with van der Waals surface area (Å²) in [6, 6.07) is 7.65. The van der Waals surface area contributed by atoms with E-state index in [1.807, 2.05) is 0 Å². The van der Waals surface area contributed by atoms with E-state index in [9.17, 15) is 9.18 Å². The van der Waals surface area contributed by atoms with Crippen LogP contribution in [0.3, 0.4) is 0 Å². The molecular weight excluding hydrogens is 301 g/mol. The number of likely N-dealkylation sites (tertiary alicyclic amines) is 1. The molecule has 1 aliphatic heterocycles. The first-order valence-corrected chi connectivity index (χ1v) is 7.19. The Morgan fingerprint density at radius 1 is 1.39 bits per heavy atom. The molecule has 1 fully saturated rings. The maximum absolute atomic E-state index is 13.1. The second kappa shape index (κ2) is 6.12. The molecule has 120 valence electrons. The molecule has 1 saturated heterocycles. The fraction of sp³-hybridized carbons (Fsp3) is 0.250. The minimum Gasteiger partial charge on any atom is -0.472 e. The molecule has 0 unspecified atom stereocenters. The molecule has 6 nitrogen and oxygen atoms in total. The molecule has 3 N–H and O–H groups in total. The summed E-state index contributed by atoms with van der Waals surface area (Å²) in [5.41, 5.74) is 7.64. The van der Waals surface area contributed by atoms with E-state index in [1.165, 1.54) is 23.2 Å². The van der Waals surface area contributed by atoms with Gasteiger partial charge in [-0.15, -0.1) is 0 Å². The van der Waals surface area contributed by atoms with Crippen molar-refractivity contribution in [1.29, 1.82) is 0 Å². The van der Waals surface area contributed by atoms with Crippen LogP contribution in [-0.2, 0) is 0 Å². The molecule has 23 heavy (non-hydrogen) atoms. The predicted molar refractivity (Wildman–Crippen MR) is 82.7 cm³/mol. The standard InChI is InChI=1S/C16H16FN3O3/c17-11-3-1-10(2-4-11)14-7-12(18)8-19-15(14)23-13-5-6-20(9-13)16(21)22/h1-4,7-8,13H,5-6,9,18H2,(H,21,22)/t13-/m0/s1. The largest absolute Gasteiger partial charge is 0.472 e. The van der Waals surface area contributed by atoms with Gasteiger partial charge < -0.3 is 20.5 Å². The first-order valence-electron chi connectivity index (χ1n) is 7.19. The second-order valence-electron chi connectivity index (χ2n) is 5.39. The van der Waals surface area contributed by atoms with Crippen LogP contribution >= 0.6 is 0 Å². The number of amides is 1. The highest BCUT2D eigenvalue weighted by atomic mass is 19.1. The molecule has 3 rings (SSSR count). The summed E-state index contributed by atoms with van der Waals surface area (Å²) in [6.07, 6.45) is 0.856. The topological polar surface area (TPSA) is 88.7 Å². The average Bonchev–Trinajstić information content (AvgIpc) is 2.99. The second-order valence-corrected chi connectivity index (χ2v) is 5.39. The lowest BCUT2D eigenvalue weighted by molar-refractivity contribution is 0.144. The SMILES string of the molecule is Nc1cnc(O[C@H]2CCN(C(=O)O)C2)c(-c2ccc(F)cc2)c1. The number of carbonyl (C=O) groups is 1. The van der Waals surface area contributed by atoms with Crippen molar-refractivity contribution in [2.45, 2.75) is 12.5 Å². The molecule has 0 aliphatic carbocycles. The number of hydrogen-bond donors (Lipinski definition) is 2. The van der Waals surface area contributed by atoms with E-state index in [1.54, 1.807) is 18.2 Å². The number of hydrogen-bond acceptors (Lipinski definition) is 4. The van der Waals surface area contributed by atoms with Gasteiger partial charge in [0.2, 0.25) is 5.88 Å². The van der Waals surface area contributed by atoms with Gasteiger partial charge in [-0.05, 0) is 23.8 Å². The number of carboxylic acid groups (broad SMARTS) is 1. The van der Waals surface area contributed by atoms with Gasteiger partial charge in [-0.3, -0.25) is 0 Å². The summed E-state index contributed by atoms with van der Waals surface area (Å²) < 4.78 is 19.0. The smallest absolute Gasteiger partial charge is 0.407 e. The number of benzene rings is 1. The number of nitrogens with two attached hydrogens (primary N) is 1. The third-order valence-corrected chi connectivity index (χ3v) is 3.72. The Labute approximate surface area is 132 Å². The maximum Gasteiger partial charge on any atom is 0.407 e. The Morgan fingerprint density at radius 3 is 2.78 bits per heavy atom. The lowest BCUT2D eigenvalue weighted by Crippen LogP contribution is -2.29. The highest BCUT2D eigenvalue weighted by molar-refractivity contribution is 5.71. The Balaban J connectivity index is 1.85. The molecular formula is C16H16FN3O3. The van der Waals surface area contributed by atoms with Crippen molar-refractivity contribution in [2.24, 2.45) is 0 Å². The zero-order chi connectivity index (χ0) is 16.4. The number of aromatic nitrogens is 1. The van der Waals surface area contributed by atoms with E-state index in [0.29, 0.717) is 36.6 Å². The van der Waals surface area contributed by atoms with Gasteiger partial charge in [0.25, 0.3) is 0 Å². The summed E-state index contributed by atoms with van der Waals surface area (Å²) in [7, 11) is 0. The van der Waals surface area contributed by atoms with Gasteiger partial charge in [0.15, 0.2) is 0 Å². The van der Waals surface area contributed by atoms with Crippen LogP contribution in [-0.4, -0.2) is 40.3 Å². The molecule has 0 bridgehead atoms. The van der Waals surface area contributed by atoms with Gasteiger partial charge in [-0.1, -0.05) is 12.1 Å². The molecule has 1 aromatic carbocycles. The van der Waals surface area contributed by atoms with Crippen molar-refractivity contribution in [3.05, 3.63) is 42.3 Å². The number of anilines is 1. The zero-order valence-electron chi connectivity index (χ0n) is 12.3. The molecule has 0 radical (unpaired) electrons. The van der Waals surface area contributed by atoms with Crippen LogP contribution in [0.15, 0.2) is 36.5 Å². The van der Waals surface area contributed by atoms with Gasteiger partial charge in [0.05, 0.1) is 18.4 Å². The van der Waals surface area contributed by atoms with Crippen molar-refractivity contribution in [1.82, 2.24) is 9.88 Å². The summed E-state index contributed by atoms with van der Waals surface area (Å²) in [6.45, 7) is 0.727. The van der Waals surface area contributed by atoms with E-state index < -0.39 is 6.09 Å². The Bertz CT molecular complexity index is 721. The normalized spacial score (nSPS) is 17.3. The Kier molecular flexibility index (Phi) is 4.01. The van der Waals surface area contributed by atoms with Crippen LogP contribution in [0.5, 0.6) is 5.88 Å². The monoisotopic (exact) mass is 317 g/mol. The lowest BCUT2D eigenvalue weighted by atomic mass is 10.1. The van der Waals surface area contributed by atoms with Gasteiger partial charge in [-0.25, -0.2) is 14.2 Å². The lowest BCUT2D eigenvalue weighted by Gasteiger charge is -2.16. The Morgan fingerprint density at radius 2 is 2.13 bits per heavy atom. The van der Waals surface area contributed by atoms with Crippen LogP contribution in [0.25, 0.3) is 11.1 Å². The molecule has 1 atom stereocenters. The molecule has 1 amide bonds. The van der Waals surface area contributed by atoms with Crippen LogP contribution < -0.4 is 10.5 Å². The van der Waals surface area contributed by atoms with E-state index in [0.717, 1.165) is 5.56 Å². The molecule has 0 spiro atoms. The van der Waals surface area contributed by atoms with Crippen LogP contribution in [0.4, 0.5) is 14.9 Å². The third-order valence-electron chi connectivity index (χ3n) is 3.72. The number of nitrogens with zero attached hydrogens (tertiary/aromatic N) is 2. The van der Waals surface area contributed by atoms with Gasteiger partial charge in [-0.2, -0.15) is 0 Å². The number of halogens is 1. The van der Waals surface area contributed by atoms with Crippen molar-refractivity contribution in [3.63, 3.8) is 0 Å². The van der Waals surface area contributed by atoms with Crippen molar-refractivity contribution in [3.8, 4) is 17.0 Å². The molecule has 2 aromatic rings. The number of nitrogen functional groups attached to an aromatic ring is 1. The minimum atomic E-state index is -0.958. The summed E-state index contributed by atoms with van der Waals surface area (Å²) in [4.78, 5) is 16.5. The molecule has 7 heteroatoms. The Hall–Kier alpha value is -2.83. The van der Waals surface area contributed by atoms with E-state index in [4.69, 9.17) is 15.6 Å². The van der Waals surface area contributed by atoms with E-state index in [2.05, 4.69) is 4.98 Å². The molecule has 1 aliphatic rings.